The Bertz CT molecular complexity index is 913. The molecule has 1 heterocycles. The molecule has 118 valence electrons. The molecule has 2 aromatic carbocycles. The summed E-state index contributed by atoms with van der Waals surface area (Å²) in [4.78, 5) is 13.1. The lowest BCUT2D eigenvalue weighted by atomic mass is 10.1. The monoisotopic (exact) mass is 383 g/mol. The maximum absolute atomic E-state index is 12.6. The zero-order chi connectivity index (χ0) is 16.7. The molecule has 0 saturated carbocycles. The third kappa shape index (κ3) is 3.07. The van der Waals surface area contributed by atoms with E-state index >= 15 is 0 Å². The van der Waals surface area contributed by atoms with Gasteiger partial charge in [-0.15, -0.1) is 11.3 Å². The zero-order valence-electron chi connectivity index (χ0n) is 12.3. The number of nitrogens with one attached hydrogen (secondary N) is 1. The molecule has 0 spiro atoms. The number of carbonyl (C=O) groups is 1. The van der Waals surface area contributed by atoms with Crippen LogP contribution in [0.25, 0.3) is 10.1 Å². The van der Waals surface area contributed by atoms with Crippen LogP contribution in [0.4, 0.5) is 5.69 Å². The molecule has 1 aromatic heterocycles. The van der Waals surface area contributed by atoms with E-state index in [4.69, 9.17) is 34.8 Å². The molecule has 0 atom stereocenters. The van der Waals surface area contributed by atoms with E-state index in [0.717, 1.165) is 21.5 Å². The number of rotatable bonds is 2. The van der Waals surface area contributed by atoms with Crippen molar-refractivity contribution in [3.8, 4) is 0 Å². The minimum atomic E-state index is -0.249. The van der Waals surface area contributed by atoms with Gasteiger partial charge in [0.1, 0.15) is 4.88 Å². The summed E-state index contributed by atoms with van der Waals surface area (Å²) in [6, 6.07) is 9.23. The molecule has 0 saturated heterocycles. The van der Waals surface area contributed by atoms with Gasteiger partial charge in [0.25, 0.3) is 5.91 Å². The normalized spacial score (nSPS) is 11.0. The van der Waals surface area contributed by atoms with Crippen molar-refractivity contribution in [2.75, 3.05) is 5.32 Å². The van der Waals surface area contributed by atoms with E-state index in [1.54, 1.807) is 12.1 Å². The fourth-order valence-electron chi connectivity index (χ4n) is 2.44. The van der Waals surface area contributed by atoms with Gasteiger partial charge in [0, 0.05) is 20.8 Å². The summed E-state index contributed by atoms with van der Waals surface area (Å²) < 4.78 is 0.791. The van der Waals surface area contributed by atoms with Crippen LogP contribution in [-0.4, -0.2) is 5.91 Å². The van der Waals surface area contributed by atoms with Gasteiger partial charge in [-0.1, -0.05) is 53.0 Å². The number of hydrogen-bond acceptors (Lipinski definition) is 2. The van der Waals surface area contributed by atoms with Gasteiger partial charge in [0.2, 0.25) is 0 Å². The smallest absolute Gasteiger partial charge is 0.267 e. The van der Waals surface area contributed by atoms with E-state index in [0.29, 0.717) is 25.3 Å². The fraction of sp³-hybridized carbons (Fsp3) is 0.118. The molecular formula is C17H12Cl3NOS. The van der Waals surface area contributed by atoms with Crippen molar-refractivity contribution in [3.05, 3.63) is 61.4 Å². The molecule has 0 aliphatic carbocycles. The molecule has 0 aliphatic heterocycles. The number of hydrogen-bond donors (Lipinski definition) is 1. The topological polar surface area (TPSA) is 29.1 Å². The molecule has 3 rings (SSSR count). The Morgan fingerprint density at radius 2 is 1.74 bits per heavy atom. The van der Waals surface area contributed by atoms with Gasteiger partial charge in [-0.3, -0.25) is 4.79 Å². The molecule has 0 radical (unpaired) electrons. The summed E-state index contributed by atoms with van der Waals surface area (Å²) in [5.74, 6) is -0.249. The number of fused-ring (bicyclic) bond motifs is 1. The largest absolute Gasteiger partial charge is 0.321 e. The maximum atomic E-state index is 12.6. The van der Waals surface area contributed by atoms with Gasteiger partial charge in [0.15, 0.2) is 0 Å². The van der Waals surface area contributed by atoms with Crippen molar-refractivity contribution < 1.29 is 4.79 Å². The lowest BCUT2D eigenvalue weighted by molar-refractivity contribution is 0.103. The molecule has 3 aromatic rings. The predicted octanol–water partition coefficient (Wildman–Crippen LogP) is 6.73. The van der Waals surface area contributed by atoms with E-state index in [-0.39, 0.29) is 5.91 Å². The first-order valence-electron chi connectivity index (χ1n) is 6.83. The lowest BCUT2D eigenvalue weighted by Gasteiger charge is -2.10. The standard InChI is InChI=1S/C17H12Cl3NOS/c1-8-4-3-5-9(2)15(8)21-17(22)16-14(20)13-11(19)6-10(18)7-12(13)23-16/h3-7H,1-2H3,(H,21,22). The lowest BCUT2D eigenvalue weighted by Crippen LogP contribution is -2.12. The molecule has 0 unspecified atom stereocenters. The van der Waals surface area contributed by atoms with Gasteiger partial charge in [-0.05, 0) is 37.1 Å². The highest BCUT2D eigenvalue weighted by molar-refractivity contribution is 7.21. The number of benzene rings is 2. The average Bonchev–Trinajstić information content (AvgIpc) is 2.80. The molecule has 6 heteroatoms. The Kier molecular flexibility index (Phi) is 4.56. The van der Waals surface area contributed by atoms with Crippen LogP contribution in [-0.2, 0) is 0 Å². The summed E-state index contributed by atoms with van der Waals surface area (Å²) in [6.45, 7) is 3.90. The third-order valence-electron chi connectivity index (χ3n) is 3.58. The Hall–Kier alpha value is -1.26. The minimum absolute atomic E-state index is 0.249. The SMILES string of the molecule is Cc1cccc(C)c1NC(=O)c1sc2cc(Cl)cc(Cl)c2c1Cl. The number of para-hydroxylation sites is 1. The summed E-state index contributed by atoms with van der Waals surface area (Å²) in [6.07, 6.45) is 0. The van der Waals surface area contributed by atoms with E-state index in [9.17, 15) is 4.79 Å². The summed E-state index contributed by atoms with van der Waals surface area (Å²) >= 11 is 19.9. The molecule has 23 heavy (non-hydrogen) atoms. The molecule has 2 nitrogen and oxygen atoms in total. The Morgan fingerprint density at radius 1 is 1.09 bits per heavy atom. The summed E-state index contributed by atoms with van der Waals surface area (Å²) in [7, 11) is 0. The van der Waals surface area contributed by atoms with Gasteiger partial charge < -0.3 is 5.32 Å². The number of carbonyl (C=O) groups excluding carboxylic acids is 1. The van der Waals surface area contributed by atoms with E-state index in [1.807, 2.05) is 32.0 Å². The highest BCUT2D eigenvalue weighted by Gasteiger charge is 2.20. The molecule has 1 N–H and O–H groups in total. The van der Waals surface area contributed by atoms with E-state index in [1.165, 1.54) is 11.3 Å². The van der Waals surface area contributed by atoms with Gasteiger partial charge >= 0.3 is 0 Å². The van der Waals surface area contributed by atoms with E-state index < -0.39 is 0 Å². The first-order valence-corrected chi connectivity index (χ1v) is 8.78. The number of amides is 1. The van der Waals surface area contributed by atoms with Crippen LogP contribution >= 0.6 is 46.1 Å². The highest BCUT2D eigenvalue weighted by Crippen LogP contribution is 2.41. The fourth-order valence-corrected chi connectivity index (χ4v) is 4.71. The quantitative estimate of drug-likeness (QED) is 0.521. The van der Waals surface area contributed by atoms with Crippen LogP contribution in [0.15, 0.2) is 30.3 Å². The molecule has 0 fully saturated rings. The number of thiophene rings is 1. The second-order valence-corrected chi connectivity index (χ2v) is 7.50. The van der Waals surface area contributed by atoms with Crippen LogP contribution < -0.4 is 5.32 Å². The Morgan fingerprint density at radius 3 is 2.39 bits per heavy atom. The van der Waals surface area contributed by atoms with Crippen molar-refractivity contribution in [3.63, 3.8) is 0 Å². The van der Waals surface area contributed by atoms with Crippen LogP contribution in [0.3, 0.4) is 0 Å². The van der Waals surface area contributed by atoms with E-state index in [2.05, 4.69) is 5.32 Å². The number of anilines is 1. The second kappa shape index (κ2) is 6.33. The van der Waals surface area contributed by atoms with Gasteiger partial charge in [-0.25, -0.2) is 0 Å². The Labute approximate surface area is 153 Å². The summed E-state index contributed by atoms with van der Waals surface area (Å²) in [5, 5.41) is 4.92. The maximum Gasteiger partial charge on any atom is 0.267 e. The average molecular weight is 385 g/mol. The zero-order valence-corrected chi connectivity index (χ0v) is 15.4. The van der Waals surface area contributed by atoms with Crippen molar-refractivity contribution in [2.45, 2.75) is 13.8 Å². The first-order chi connectivity index (χ1) is 10.9. The Balaban J connectivity index is 2.05. The highest BCUT2D eigenvalue weighted by atomic mass is 35.5. The van der Waals surface area contributed by atoms with Crippen molar-refractivity contribution in [1.82, 2.24) is 0 Å². The number of halogens is 3. The molecule has 0 bridgehead atoms. The molecule has 1 amide bonds. The third-order valence-corrected chi connectivity index (χ3v) is 5.72. The molecule has 0 aliphatic rings. The minimum Gasteiger partial charge on any atom is -0.321 e. The van der Waals surface area contributed by atoms with Crippen LogP contribution in [0.5, 0.6) is 0 Å². The number of aryl methyl sites for hydroxylation is 2. The predicted molar refractivity (Wildman–Crippen MR) is 101 cm³/mol. The van der Waals surface area contributed by atoms with Gasteiger partial charge in [-0.2, -0.15) is 0 Å². The first kappa shape index (κ1) is 16.6. The van der Waals surface area contributed by atoms with Gasteiger partial charge in [0.05, 0.1) is 10.0 Å². The van der Waals surface area contributed by atoms with Crippen molar-refractivity contribution in [2.24, 2.45) is 0 Å². The molecular weight excluding hydrogens is 373 g/mol. The van der Waals surface area contributed by atoms with Crippen molar-refractivity contribution in [1.29, 1.82) is 0 Å². The van der Waals surface area contributed by atoms with Crippen LogP contribution in [0.1, 0.15) is 20.8 Å². The summed E-state index contributed by atoms with van der Waals surface area (Å²) in [5.41, 5.74) is 2.79. The second-order valence-electron chi connectivity index (χ2n) is 5.23. The van der Waals surface area contributed by atoms with Crippen LogP contribution in [0.2, 0.25) is 15.1 Å². The van der Waals surface area contributed by atoms with Crippen molar-refractivity contribution >= 4 is 67.8 Å². The van der Waals surface area contributed by atoms with Crippen LogP contribution in [0, 0.1) is 13.8 Å².